The van der Waals surface area contributed by atoms with E-state index < -0.39 is 0 Å². The van der Waals surface area contributed by atoms with Gasteiger partial charge in [-0.2, -0.15) is 0 Å². The highest BCUT2D eigenvalue weighted by atomic mass is 16.5. The molecule has 0 aliphatic carbocycles. The molecule has 0 amide bonds. The van der Waals surface area contributed by atoms with Gasteiger partial charge in [-0.05, 0) is 12.1 Å². The third-order valence-corrected chi connectivity index (χ3v) is 3.92. The Bertz CT molecular complexity index is 1010. The van der Waals surface area contributed by atoms with Crippen molar-refractivity contribution in [3.05, 3.63) is 48.8 Å². The van der Waals surface area contributed by atoms with Gasteiger partial charge in [0.15, 0.2) is 11.5 Å². The highest BCUT2D eigenvalue weighted by molar-refractivity contribution is 6.18. The molecule has 4 aromatic rings. The Kier molecular flexibility index (Phi) is 2.82. The van der Waals surface area contributed by atoms with E-state index in [1.54, 1.807) is 14.2 Å². The fourth-order valence-electron chi connectivity index (χ4n) is 2.87. The molecule has 4 nitrogen and oxygen atoms in total. The van der Waals surface area contributed by atoms with E-state index in [0.29, 0.717) is 11.5 Å². The summed E-state index contributed by atoms with van der Waals surface area (Å²) in [5.41, 5.74) is 1.85. The lowest BCUT2D eigenvalue weighted by atomic mass is 10.0. The minimum Gasteiger partial charge on any atom is -0.493 e. The first kappa shape index (κ1) is 12.8. The van der Waals surface area contributed by atoms with Gasteiger partial charge in [-0.25, -0.2) is 0 Å². The fourth-order valence-corrected chi connectivity index (χ4v) is 2.87. The number of hydrogen-bond acceptors (Lipinski definition) is 4. The normalized spacial score (nSPS) is 11.2. The molecular formula is C18H14N2O2. The Morgan fingerprint density at radius 1 is 0.773 bits per heavy atom. The first-order valence-electron chi connectivity index (χ1n) is 7.00. The predicted octanol–water partition coefficient (Wildman–Crippen LogP) is 3.95. The van der Waals surface area contributed by atoms with Crippen molar-refractivity contribution in [1.82, 2.24) is 9.97 Å². The molecule has 22 heavy (non-hydrogen) atoms. The number of aromatic nitrogens is 2. The average Bonchev–Trinajstić information content (AvgIpc) is 2.59. The molecule has 2 aromatic heterocycles. The molecule has 0 aliphatic rings. The largest absolute Gasteiger partial charge is 0.493 e. The standard InChI is InChI=1S/C18H14N2O2/c1-21-16-7-13-15(8-17(16)22-2)20-10-11-9-19-14-6-4-3-5-12(14)18(11)13/h3-10H,1-2H3. The van der Waals surface area contributed by atoms with E-state index in [4.69, 9.17) is 9.47 Å². The van der Waals surface area contributed by atoms with Gasteiger partial charge in [0, 0.05) is 40.0 Å². The van der Waals surface area contributed by atoms with Crippen molar-refractivity contribution in [3.63, 3.8) is 0 Å². The summed E-state index contributed by atoms with van der Waals surface area (Å²) in [5.74, 6) is 1.38. The third kappa shape index (κ3) is 1.77. The zero-order valence-electron chi connectivity index (χ0n) is 12.3. The molecule has 4 heteroatoms. The van der Waals surface area contributed by atoms with E-state index in [2.05, 4.69) is 16.0 Å². The van der Waals surface area contributed by atoms with Gasteiger partial charge in [0.05, 0.1) is 25.3 Å². The van der Waals surface area contributed by atoms with Crippen LogP contribution < -0.4 is 9.47 Å². The summed E-state index contributed by atoms with van der Waals surface area (Å²) in [6, 6.07) is 12.0. The topological polar surface area (TPSA) is 44.2 Å². The van der Waals surface area contributed by atoms with Crippen LogP contribution in [0.15, 0.2) is 48.8 Å². The summed E-state index contributed by atoms with van der Waals surface area (Å²) in [7, 11) is 3.27. The van der Waals surface area contributed by atoms with E-state index in [-0.39, 0.29) is 0 Å². The van der Waals surface area contributed by atoms with Gasteiger partial charge in [-0.1, -0.05) is 18.2 Å². The minimum absolute atomic E-state index is 0.681. The number of hydrogen-bond donors (Lipinski definition) is 0. The summed E-state index contributed by atoms with van der Waals surface area (Å²) in [6.45, 7) is 0. The fraction of sp³-hybridized carbons (Fsp3) is 0.111. The highest BCUT2D eigenvalue weighted by Gasteiger charge is 2.11. The van der Waals surface area contributed by atoms with Crippen molar-refractivity contribution in [2.45, 2.75) is 0 Å². The maximum atomic E-state index is 5.44. The van der Waals surface area contributed by atoms with Gasteiger partial charge in [0.2, 0.25) is 0 Å². The predicted molar refractivity (Wildman–Crippen MR) is 87.7 cm³/mol. The van der Waals surface area contributed by atoms with E-state index in [1.807, 2.05) is 42.7 Å². The van der Waals surface area contributed by atoms with Gasteiger partial charge in [-0.3, -0.25) is 9.97 Å². The zero-order valence-corrected chi connectivity index (χ0v) is 12.3. The molecule has 0 saturated carbocycles. The maximum Gasteiger partial charge on any atom is 0.162 e. The molecule has 2 heterocycles. The van der Waals surface area contributed by atoms with Crippen LogP contribution in [0.2, 0.25) is 0 Å². The molecule has 108 valence electrons. The molecule has 0 unspecified atom stereocenters. The zero-order chi connectivity index (χ0) is 15.1. The SMILES string of the molecule is COc1cc2ncc3cnc4ccccc4c3c2cc1OC. The second-order valence-electron chi connectivity index (χ2n) is 5.09. The van der Waals surface area contributed by atoms with Crippen molar-refractivity contribution < 1.29 is 9.47 Å². The van der Waals surface area contributed by atoms with Crippen LogP contribution in [0.4, 0.5) is 0 Å². The molecular weight excluding hydrogens is 276 g/mol. The number of ether oxygens (including phenoxy) is 2. The van der Waals surface area contributed by atoms with Crippen LogP contribution in [0.3, 0.4) is 0 Å². The van der Waals surface area contributed by atoms with Crippen molar-refractivity contribution in [2.75, 3.05) is 14.2 Å². The molecule has 0 aliphatic heterocycles. The number of nitrogens with zero attached hydrogens (tertiary/aromatic N) is 2. The number of pyridine rings is 2. The molecule has 0 atom stereocenters. The van der Waals surface area contributed by atoms with Crippen LogP contribution >= 0.6 is 0 Å². The molecule has 4 rings (SSSR count). The smallest absolute Gasteiger partial charge is 0.162 e. The van der Waals surface area contributed by atoms with Gasteiger partial charge in [-0.15, -0.1) is 0 Å². The Hall–Kier alpha value is -2.88. The van der Waals surface area contributed by atoms with E-state index in [9.17, 15) is 0 Å². The van der Waals surface area contributed by atoms with E-state index in [0.717, 1.165) is 32.6 Å². The lowest BCUT2D eigenvalue weighted by Crippen LogP contribution is -1.92. The van der Waals surface area contributed by atoms with Crippen LogP contribution in [0.25, 0.3) is 32.6 Å². The molecule has 0 bridgehead atoms. The second-order valence-corrected chi connectivity index (χ2v) is 5.09. The highest BCUT2D eigenvalue weighted by Crippen LogP contribution is 2.36. The Morgan fingerprint density at radius 3 is 2.23 bits per heavy atom. The first-order valence-corrected chi connectivity index (χ1v) is 7.00. The monoisotopic (exact) mass is 290 g/mol. The van der Waals surface area contributed by atoms with Crippen LogP contribution in [0.5, 0.6) is 11.5 Å². The van der Waals surface area contributed by atoms with Crippen LogP contribution in [-0.2, 0) is 0 Å². The summed E-state index contributed by atoms with van der Waals surface area (Å²) < 4.78 is 10.8. The number of para-hydroxylation sites is 1. The number of benzene rings is 2. The number of methoxy groups -OCH3 is 2. The quantitative estimate of drug-likeness (QED) is 0.524. The van der Waals surface area contributed by atoms with Gasteiger partial charge < -0.3 is 9.47 Å². The molecule has 0 fully saturated rings. The van der Waals surface area contributed by atoms with Gasteiger partial charge in [0.25, 0.3) is 0 Å². The molecule has 0 N–H and O–H groups in total. The molecule has 0 radical (unpaired) electrons. The lowest BCUT2D eigenvalue weighted by molar-refractivity contribution is 0.356. The lowest BCUT2D eigenvalue weighted by Gasteiger charge is -2.11. The van der Waals surface area contributed by atoms with Gasteiger partial charge in [0.1, 0.15) is 0 Å². The molecule has 0 spiro atoms. The van der Waals surface area contributed by atoms with Crippen molar-refractivity contribution in [1.29, 1.82) is 0 Å². The summed E-state index contributed by atoms with van der Waals surface area (Å²) in [5, 5.41) is 4.29. The third-order valence-electron chi connectivity index (χ3n) is 3.92. The summed E-state index contributed by atoms with van der Waals surface area (Å²) >= 11 is 0. The molecule has 2 aromatic carbocycles. The van der Waals surface area contributed by atoms with E-state index >= 15 is 0 Å². The number of fused-ring (bicyclic) bond motifs is 5. The van der Waals surface area contributed by atoms with Crippen LogP contribution in [-0.4, -0.2) is 24.2 Å². The first-order chi connectivity index (χ1) is 10.8. The van der Waals surface area contributed by atoms with Crippen molar-refractivity contribution in [2.24, 2.45) is 0 Å². The molecule has 0 saturated heterocycles. The summed E-state index contributed by atoms with van der Waals surface area (Å²) in [4.78, 5) is 9.02. The Balaban J connectivity index is 2.23. The van der Waals surface area contributed by atoms with Crippen molar-refractivity contribution >= 4 is 32.6 Å². The minimum atomic E-state index is 0.681. The van der Waals surface area contributed by atoms with E-state index in [1.165, 1.54) is 0 Å². The average molecular weight is 290 g/mol. The Labute approximate surface area is 127 Å². The Morgan fingerprint density at radius 2 is 1.45 bits per heavy atom. The number of rotatable bonds is 2. The second kappa shape index (κ2) is 4.84. The van der Waals surface area contributed by atoms with Gasteiger partial charge >= 0.3 is 0 Å². The van der Waals surface area contributed by atoms with Crippen molar-refractivity contribution in [3.8, 4) is 11.5 Å². The summed E-state index contributed by atoms with van der Waals surface area (Å²) in [6.07, 6.45) is 3.71. The maximum absolute atomic E-state index is 5.44. The van der Waals surface area contributed by atoms with Crippen LogP contribution in [0, 0.1) is 0 Å². The van der Waals surface area contributed by atoms with Crippen LogP contribution in [0.1, 0.15) is 0 Å².